The quantitative estimate of drug-likeness (QED) is 0.391. The summed E-state index contributed by atoms with van der Waals surface area (Å²) in [5, 5.41) is 9.12. The Morgan fingerprint density at radius 3 is 3.00 bits per heavy atom. The highest BCUT2D eigenvalue weighted by Gasteiger charge is 2.10. The van der Waals surface area contributed by atoms with Crippen molar-refractivity contribution in [1.82, 2.24) is 10.5 Å². The van der Waals surface area contributed by atoms with Gasteiger partial charge in [-0.1, -0.05) is 6.07 Å². The molecule has 0 bridgehead atoms. The van der Waals surface area contributed by atoms with E-state index in [2.05, 4.69) is 27.4 Å². The number of nitrogens with zero attached hydrogens (tertiary/aromatic N) is 3. The lowest BCUT2D eigenvalue weighted by molar-refractivity contribution is 0.360. The summed E-state index contributed by atoms with van der Waals surface area (Å²) in [5.41, 5.74) is 9.69. The number of rotatable bonds is 7. The number of nitrogens with one attached hydrogen (secondary N) is 1. The molecule has 3 N–H and O–H groups in total. The minimum Gasteiger partial charge on any atom is -0.469 e. The Kier molecular flexibility index (Phi) is 4.87. The first-order chi connectivity index (χ1) is 11.8. The van der Waals surface area contributed by atoms with Gasteiger partial charge in [-0.3, -0.25) is 0 Å². The maximum atomic E-state index is 5.70. The van der Waals surface area contributed by atoms with E-state index in [1.165, 1.54) is 0 Å². The first-order valence-electron chi connectivity index (χ1n) is 7.01. The van der Waals surface area contributed by atoms with E-state index in [0.29, 0.717) is 5.88 Å². The van der Waals surface area contributed by atoms with Gasteiger partial charge >= 0.3 is 0 Å². The van der Waals surface area contributed by atoms with Gasteiger partial charge in [0, 0.05) is 18.3 Å². The Bertz CT molecular complexity index is 776. The molecular weight excluding hydrogens is 326 g/mol. The monoisotopic (exact) mass is 341 g/mol. The number of thiophene rings is 1. The van der Waals surface area contributed by atoms with Gasteiger partial charge in [0.2, 0.25) is 5.88 Å². The second-order valence-corrected chi connectivity index (χ2v) is 5.63. The fourth-order valence-corrected chi connectivity index (χ4v) is 2.68. The van der Waals surface area contributed by atoms with Gasteiger partial charge in [-0.15, -0.1) is 16.4 Å². The van der Waals surface area contributed by atoms with Crippen molar-refractivity contribution in [2.24, 2.45) is 15.9 Å². The van der Waals surface area contributed by atoms with Gasteiger partial charge in [0.1, 0.15) is 12.4 Å². The van der Waals surface area contributed by atoms with E-state index < -0.39 is 0 Å². The topological polar surface area (TPSA) is 98.0 Å². The van der Waals surface area contributed by atoms with Gasteiger partial charge in [-0.05, 0) is 29.6 Å². The molecule has 3 heterocycles. The van der Waals surface area contributed by atoms with E-state index in [9.17, 15) is 0 Å². The maximum absolute atomic E-state index is 5.70. The summed E-state index contributed by atoms with van der Waals surface area (Å²) in [7, 11) is 0. The summed E-state index contributed by atoms with van der Waals surface area (Å²) in [4.78, 5) is 5.55. The van der Waals surface area contributed by atoms with E-state index in [1.54, 1.807) is 23.7 Å². The molecule has 0 saturated carbocycles. The van der Waals surface area contributed by atoms with Crippen molar-refractivity contribution < 1.29 is 9.15 Å². The largest absolute Gasteiger partial charge is 0.469 e. The third-order valence-electron chi connectivity index (χ3n) is 3.01. The highest BCUT2D eigenvalue weighted by Crippen LogP contribution is 2.31. The van der Waals surface area contributed by atoms with E-state index in [-0.39, 0.29) is 12.4 Å². The van der Waals surface area contributed by atoms with Crippen LogP contribution in [-0.4, -0.2) is 24.1 Å². The van der Waals surface area contributed by atoms with E-state index in [4.69, 9.17) is 14.9 Å². The molecular formula is C16H15N5O2S. The van der Waals surface area contributed by atoms with Crippen molar-refractivity contribution in [3.8, 4) is 27.8 Å². The van der Waals surface area contributed by atoms with Crippen LogP contribution in [0.15, 0.2) is 62.7 Å². The molecule has 0 fully saturated rings. The van der Waals surface area contributed by atoms with E-state index in [1.807, 2.05) is 35.7 Å². The van der Waals surface area contributed by atoms with Crippen molar-refractivity contribution in [3.05, 3.63) is 48.0 Å². The lowest BCUT2D eigenvalue weighted by Gasteiger charge is -2.08. The minimum atomic E-state index is 0.0704. The van der Waals surface area contributed by atoms with Crippen LogP contribution < -0.4 is 16.0 Å². The smallest absolute Gasteiger partial charge is 0.214 e. The van der Waals surface area contributed by atoms with Crippen molar-refractivity contribution >= 4 is 23.9 Å². The van der Waals surface area contributed by atoms with Crippen LogP contribution in [0.25, 0.3) is 21.9 Å². The number of hydrazone groups is 2. The van der Waals surface area contributed by atoms with Crippen LogP contribution >= 0.6 is 11.3 Å². The summed E-state index contributed by atoms with van der Waals surface area (Å²) in [6.45, 7) is 3.32. The molecule has 0 aliphatic rings. The average Bonchev–Trinajstić information content (AvgIpc) is 3.31. The standard InChI is InChI=1S/C16H15N5O2S/c1-18-21-20-15(17)10-23-16-9-11(13-4-2-6-22-13)8-12(19-16)14-5-3-7-24-14/h2-9,21H,1,10H2,(H2,17,20). The van der Waals surface area contributed by atoms with Gasteiger partial charge in [-0.25, -0.2) is 4.98 Å². The summed E-state index contributed by atoms with van der Waals surface area (Å²) in [6, 6.07) is 11.4. The Morgan fingerprint density at radius 1 is 1.38 bits per heavy atom. The Balaban J connectivity index is 1.89. The fraction of sp³-hybridized carbons (Fsp3) is 0.0625. The van der Waals surface area contributed by atoms with Crippen molar-refractivity contribution in [1.29, 1.82) is 0 Å². The fourth-order valence-electron chi connectivity index (χ4n) is 1.99. The van der Waals surface area contributed by atoms with Gasteiger partial charge in [-0.2, -0.15) is 10.6 Å². The lowest BCUT2D eigenvalue weighted by Crippen LogP contribution is -2.23. The van der Waals surface area contributed by atoms with Crippen LogP contribution in [0.1, 0.15) is 0 Å². The van der Waals surface area contributed by atoms with Gasteiger partial charge in [0.05, 0.1) is 16.8 Å². The molecule has 122 valence electrons. The second kappa shape index (κ2) is 7.42. The van der Waals surface area contributed by atoms with Crippen LogP contribution in [0.4, 0.5) is 0 Å². The molecule has 0 amide bonds. The molecule has 3 rings (SSSR count). The minimum absolute atomic E-state index is 0.0704. The van der Waals surface area contributed by atoms with E-state index >= 15 is 0 Å². The normalized spacial score (nSPS) is 11.2. The molecule has 8 heteroatoms. The number of pyridine rings is 1. The van der Waals surface area contributed by atoms with E-state index in [0.717, 1.165) is 21.9 Å². The molecule has 0 spiro atoms. The Hall–Kier alpha value is -3.13. The highest BCUT2D eigenvalue weighted by molar-refractivity contribution is 7.13. The molecule has 0 aromatic carbocycles. The predicted molar refractivity (Wildman–Crippen MR) is 95.1 cm³/mol. The number of furan rings is 1. The Morgan fingerprint density at radius 2 is 2.29 bits per heavy atom. The van der Waals surface area contributed by atoms with Crippen LogP contribution in [-0.2, 0) is 0 Å². The average molecular weight is 341 g/mol. The molecule has 0 aliphatic carbocycles. The molecule has 0 radical (unpaired) electrons. The first-order valence-corrected chi connectivity index (χ1v) is 7.89. The number of nitrogens with two attached hydrogens (primary N) is 1. The molecule has 7 nitrogen and oxygen atoms in total. The van der Waals surface area contributed by atoms with Crippen molar-refractivity contribution in [2.75, 3.05) is 6.61 Å². The first kappa shape index (κ1) is 15.8. The van der Waals surface area contributed by atoms with Gasteiger partial charge in [0.25, 0.3) is 0 Å². The number of aromatic nitrogens is 1. The SMILES string of the molecule is C=NN/N=C(\N)COc1cc(-c2ccco2)cc(-c2cccs2)n1. The summed E-state index contributed by atoms with van der Waals surface area (Å²) >= 11 is 1.60. The predicted octanol–water partition coefficient (Wildman–Crippen LogP) is 2.93. The maximum Gasteiger partial charge on any atom is 0.214 e. The third-order valence-corrected chi connectivity index (χ3v) is 3.91. The molecule has 0 aliphatic heterocycles. The molecule has 3 aromatic rings. The second-order valence-electron chi connectivity index (χ2n) is 4.68. The van der Waals surface area contributed by atoms with Crippen LogP contribution in [0.5, 0.6) is 5.88 Å². The zero-order chi connectivity index (χ0) is 16.8. The summed E-state index contributed by atoms with van der Waals surface area (Å²) < 4.78 is 11.1. The van der Waals surface area contributed by atoms with Crippen molar-refractivity contribution in [2.45, 2.75) is 0 Å². The van der Waals surface area contributed by atoms with Gasteiger partial charge in [0.15, 0.2) is 5.84 Å². The number of hydrogen-bond acceptors (Lipinski definition) is 7. The van der Waals surface area contributed by atoms with Crippen molar-refractivity contribution in [3.63, 3.8) is 0 Å². The third kappa shape index (κ3) is 3.79. The van der Waals surface area contributed by atoms with Crippen LogP contribution in [0.3, 0.4) is 0 Å². The highest BCUT2D eigenvalue weighted by atomic mass is 32.1. The number of amidine groups is 1. The molecule has 0 unspecified atom stereocenters. The molecule has 0 saturated heterocycles. The van der Waals surface area contributed by atoms with Crippen LogP contribution in [0.2, 0.25) is 0 Å². The summed E-state index contributed by atoms with van der Waals surface area (Å²) in [6.07, 6.45) is 1.62. The zero-order valence-electron chi connectivity index (χ0n) is 12.7. The van der Waals surface area contributed by atoms with Crippen LogP contribution in [0, 0.1) is 0 Å². The molecule has 3 aromatic heterocycles. The molecule has 24 heavy (non-hydrogen) atoms. The zero-order valence-corrected chi connectivity index (χ0v) is 13.5. The number of ether oxygens (including phenoxy) is 1. The summed E-state index contributed by atoms with van der Waals surface area (Å²) in [5.74, 6) is 1.39. The number of hydrogen-bond donors (Lipinski definition) is 2. The van der Waals surface area contributed by atoms with Gasteiger partial charge < -0.3 is 14.9 Å². The Labute approximate surface area is 142 Å². The molecule has 0 atom stereocenters. The lowest BCUT2D eigenvalue weighted by atomic mass is 10.1.